The molecule has 2 aliphatic rings. The second-order valence-corrected chi connectivity index (χ2v) is 6.93. The molecule has 2 amide bonds. The minimum atomic E-state index is -0.0793. The summed E-state index contributed by atoms with van der Waals surface area (Å²) >= 11 is 0. The summed E-state index contributed by atoms with van der Waals surface area (Å²) in [5.74, 6) is 1.77. The third-order valence-electron chi connectivity index (χ3n) is 5.11. The van der Waals surface area contributed by atoms with Crippen molar-refractivity contribution in [3.63, 3.8) is 0 Å². The third-order valence-corrected chi connectivity index (χ3v) is 5.11. The fourth-order valence-electron chi connectivity index (χ4n) is 3.24. The van der Waals surface area contributed by atoms with Crippen LogP contribution in [-0.2, 0) is 11.2 Å². The van der Waals surface area contributed by atoms with Crippen molar-refractivity contribution in [2.24, 2.45) is 17.6 Å². The first-order chi connectivity index (χ1) is 11.6. The predicted molar refractivity (Wildman–Crippen MR) is 90.4 cm³/mol. The van der Waals surface area contributed by atoms with Crippen LogP contribution in [0, 0.1) is 11.8 Å². The summed E-state index contributed by atoms with van der Waals surface area (Å²) in [5, 5.41) is 2.97. The van der Waals surface area contributed by atoms with Crippen LogP contribution in [-0.4, -0.2) is 42.4 Å². The van der Waals surface area contributed by atoms with E-state index in [0.29, 0.717) is 44.2 Å². The number of nitrogens with one attached hydrogen (secondary N) is 1. The molecule has 1 saturated heterocycles. The minimum absolute atomic E-state index is 0.0248. The van der Waals surface area contributed by atoms with Crippen molar-refractivity contribution in [1.82, 2.24) is 10.2 Å². The van der Waals surface area contributed by atoms with Gasteiger partial charge in [0.15, 0.2) is 5.76 Å². The Labute approximate surface area is 142 Å². The fraction of sp³-hybridized carbons (Fsp3) is 0.667. The van der Waals surface area contributed by atoms with Crippen LogP contribution in [0.5, 0.6) is 0 Å². The van der Waals surface area contributed by atoms with E-state index in [1.165, 1.54) is 12.8 Å². The van der Waals surface area contributed by atoms with Crippen molar-refractivity contribution in [2.75, 3.05) is 19.6 Å². The van der Waals surface area contributed by atoms with Crippen molar-refractivity contribution in [2.45, 2.75) is 45.1 Å². The van der Waals surface area contributed by atoms with Crippen LogP contribution in [0.1, 0.15) is 48.9 Å². The van der Waals surface area contributed by atoms with Crippen molar-refractivity contribution in [1.29, 1.82) is 0 Å². The molecule has 2 heterocycles. The van der Waals surface area contributed by atoms with Gasteiger partial charge in [-0.25, -0.2) is 0 Å². The summed E-state index contributed by atoms with van der Waals surface area (Å²) in [7, 11) is 0. The van der Waals surface area contributed by atoms with Gasteiger partial charge in [-0.2, -0.15) is 0 Å². The summed E-state index contributed by atoms with van der Waals surface area (Å²) in [5.41, 5.74) is 6.02. The zero-order valence-corrected chi connectivity index (χ0v) is 14.3. The van der Waals surface area contributed by atoms with Crippen LogP contribution < -0.4 is 11.1 Å². The molecule has 1 atom stereocenters. The van der Waals surface area contributed by atoms with Crippen molar-refractivity contribution in [3.05, 3.63) is 23.7 Å². The zero-order valence-electron chi connectivity index (χ0n) is 14.3. The zero-order chi connectivity index (χ0) is 17.1. The van der Waals surface area contributed by atoms with Gasteiger partial charge in [-0.3, -0.25) is 9.59 Å². The van der Waals surface area contributed by atoms with Crippen LogP contribution in [0.25, 0.3) is 0 Å². The van der Waals surface area contributed by atoms with Gasteiger partial charge in [0.2, 0.25) is 5.91 Å². The van der Waals surface area contributed by atoms with E-state index >= 15 is 0 Å². The fourth-order valence-corrected chi connectivity index (χ4v) is 3.24. The van der Waals surface area contributed by atoms with E-state index in [1.807, 2.05) is 13.0 Å². The van der Waals surface area contributed by atoms with Crippen LogP contribution in [0.4, 0.5) is 0 Å². The van der Waals surface area contributed by atoms with Gasteiger partial charge < -0.3 is 20.4 Å². The number of aryl methyl sites for hydroxylation is 1. The van der Waals surface area contributed by atoms with Crippen LogP contribution in [0.15, 0.2) is 16.5 Å². The summed E-state index contributed by atoms with van der Waals surface area (Å²) in [4.78, 5) is 26.4. The Morgan fingerprint density at radius 2 is 2.00 bits per heavy atom. The molecule has 1 aliphatic heterocycles. The number of carbonyl (C=O) groups is 2. The lowest BCUT2D eigenvalue weighted by Gasteiger charge is -2.31. The first-order valence-electron chi connectivity index (χ1n) is 8.99. The second kappa shape index (κ2) is 7.38. The number of hydrogen-bond donors (Lipinski definition) is 2. The van der Waals surface area contributed by atoms with Gasteiger partial charge in [-0.1, -0.05) is 6.92 Å². The van der Waals surface area contributed by atoms with Crippen LogP contribution >= 0.6 is 0 Å². The van der Waals surface area contributed by atoms with Crippen LogP contribution in [0.3, 0.4) is 0 Å². The summed E-state index contributed by atoms with van der Waals surface area (Å²) < 4.78 is 5.53. The van der Waals surface area contributed by atoms with E-state index in [1.54, 1.807) is 11.0 Å². The number of piperidine rings is 1. The van der Waals surface area contributed by atoms with Gasteiger partial charge in [-0.05, 0) is 43.7 Å². The highest BCUT2D eigenvalue weighted by atomic mass is 16.4. The van der Waals surface area contributed by atoms with Gasteiger partial charge in [0.1, 0.15) is 5.76 Å². The molecule has 0 radical (unpaired) electrons. The van der Waals surface area contributed by atoms with E-state index in [9.17, 15) is 9.59 Å². The van der Waals surface area contributed by atoms with Gasteiger partial charge in [-0.15, -0.1) is 0 Å². The summed E-state index contributed by atoms with van der Waals surface area (Å²) in [6, 6.07) is 3.66. The topological polar surface area (TPSA) is 88.6 Å². The number of furan rings is 1. The first kappa shape index (κ1) is 17.0. The molecule has 1 aliphatic carbocycles. The van der Waals surface area contributed by atoms with Gasteiger partial charge in [0.25, 0.3) is 5.91 Å². The Balaban J connectivity index is 1.44. The standard InChI is InChI=1S/C18H27N3O3/c1-2-14-5-6-16(24-14)18(23)21-9-7-13(8-10-21)17(22)20-11-15(19)12-3-4-12/h5-6,12-13,15H,2-4,7-11,19H2,1H3,(H,20,22). The van der Waals surface area contributed by atoms with Crippen molar-refractivity contribution < 1.29 is 14.0 Å². The number of carbonyl (C=O) groups excluding carboxylic acids is 2. The Kier molecular flexibility index (Phi) is 5.23. The molecule has 1 aromatic heterocycles. The molecular weight excluding hydrogens is 306 g/mol. The second-order valence-electron chi connectivity index (χ2n) is 6.93. The van der Waals surface area contributed by atoms with Crippen LogP contribution in [0.2, 0.25) is 0 Å². The Morgan fingerprint density at radius 1 is 1.29 bits per heavy atom. The van der Waals surface area contributed by atoms with E-state index in [-0.39, 0.29) is 23.8 Å². The molecule has 3 N–H and O–H groups in total. The number of likely N-dealkylation sites (tertiary alicyclic amines) is 1. The molecule has 0 aromatic carbocycles. The Morgan fingerprint density at radius 3 is 2.58 bits per heavy atom. The number of amides is 2. The SMILES string of the molecule is CCc1ccc(C(=O)N2CCC(C(=O)NCC(N)C3CC3)CC2)o1. The van der Waals surface area contributed by atoms with E-state index in [4.69, 9.17) is 10.2 Å². The molecule has 3 rings (SSSR count). The third kappa shape index (κ3) is 3.98. The maximum absolute atomic E-state index is 12.4. The van der Waals surface area contributed by atoms with E-state index in [0.717, 1.165) is 12.2 Å². The van der Waals surface area contributed by atoms with Gasteiger partial charge >= 0.3 is 0 Å². The van der Waals surface area contributed by atoms with E-state index in [2.05, 4.69) is 5.32 Å². The maximum Gasteiger partial charge on any atom is 0.289 e. The number of rotatable bonds is 6. The van der Waals surface area contributed by atoms with Crippen molar-refractivity contribution in [3.8, 4) is 0 Å². The lowest BCUT2D eigenvalue weighted by molar-refractivity contribution is -0.126. The molecular formula is C18H27N3O3. The maximum atomic E-state index is 12.4. The quantitative estimate of drug-likeness (QED) is 0.826. The molecule has 6 heteroatoms. The lowest BCUT2D eigenvalue weighted by atomic mass is 9.95. The first-order valence-corrected chi connectivity index (χ1v) is 8.99. The highest BCUT2D eigenvalue weighted by Gasteiger charge is 2.31. The Hall–Kier alpha value is -1.82. The molecule has 2 fully saturated rings. The monoisotopic (exact) mass is 333 g/mol. The molecule has 1 aromatic rings. The Bertz CT molecular complexity index is 586. The molecule has 1 saturated carbocycles. The van der Waals surface area contributed by atoms with E-state index < -0.39 is 0 Å². The normalized spacial score (nSPS) is 20.0. The number of hydrogen-bond acceptors (Lipinski definition) is 4. The molecule has 6 nitrogen and oxygen atoms in total. The lowest BCUT2D eigenvalue weighted by Crippen LogP contribution is -2.45. The predicted octanol–water partition coefficient (Wildman–Crippen LogP) is 1.55. The number of nitrogens with two attached hydrogens (primary N) is 1. The summed E-state index contributed by atoms with van der Waals surface area (Å²) in [6.45, 7) is 3.74. The largest absolute Gasteiger partial charge is 0.456 e. The van der Waals surface area contributed by atoms with Gasteiger partial charge in [0, 0.05) is 38.0 Å². The highest BCUT2D eigenvalue weighted by molar-refractivity contribution is 5.91. The highest BCUT2D eigenvalue weighted by Crippen LogP contribution is 2.31. The molecule has 24 heavy (non-hydrogen) atoms. The molecule has 0 bridgehead atoms. The summed E-state index contributed by atoms with van der Waals surface area (Å²) in [6.07, 6.45) is 4.53. The molecule has 132 valence electrons. The van der Waals surface area contributed by atoms with Crippen molar-refractivity contribution >= 4 is 11.8 Å². The molecule has 1 unspecified atom stereocenters. The van der Waals surface area contributed by atoms with Gasteiger partial charge in [0.05, 0.1) is 0 Å². The minimum Gasteiger partial charge on any atom is -0.456 e. The average molecular weight is 333 g/mol. The average Bonchev–Trinajstić information content (AvgIpc) is 3.36. The number of nitrogens with zero attached hydrogens (tertiary/aromatic N) is 1. The smallest absolute Gasteiger partial charge is 0.289 e. The molecule has 0 spiro atoms.